The lowest BCUT2D eigenvalue weighted by atomic mass is 10.2. The maximum Gasteiger partial charge on any atom is 0.269 e. The number of benzene rings is 2. The van der Waals surface area contributed by atoms with Gasteiger partial charge in [-0.15, -0.1) is 0 Å². The van der Waals surface area contributed by atoms with E-state index < -0.39 is 4.92 Å². The molecule has 0 atom stereocenters. The number of amidine groups is 1. The van der Waals surface area contributed by atoms with E-state index in [0.29, 0.717) is 22.3 Å². The number of likely N-dealkylation sites (N-methyl/N-ethyl adjacent to an activating group) is 1. The van der Waals surface area contributed by atoms with Crippen molar-refractivity contribution in [2.24, 2.45) is 4.99 Å². The molecule has 1 aliphatic heterocycles. The van der Waals surface area contributed by atoms with Crippen molar-refractivity contribution in [1.29, 1.82) is 0 Å². The van der Waals surface area contributed by atoms with Crippen LogP contribution >= 0.6 is 11.8 Å². The molecule has 0 N–H and O–H groups in total. The summed E-state index contributed by atoms with van der Waals surface area (Å²) in [5, 5.41) is 11.4. The van der Waals surface area contributed by atoms with Crippen LogP contribution < -0.4 is 0 Å². The van der Waals surface area contributed by atoms with Gasteiger partial charge in [-0.2, -0.15) is 0 Å². The lowest BCUT2D eigenvalue weighted by molar-refractivity contribution is -0.384. The van der Waals surface area contributed by atoms with Crippen LogP contribution in [0.4, 0.5) is 15.8 Å². The van der Waals surface area contributed by atoms with Crippen LogP contribution in [0, 0.1) is 15.9 Å². The third-order valence-electron chi connectivity index (χ3n) is 4.65. The van der Waals surface area contributed by atoms with Gasteiger partial charge in [0.25, 0.3) is 11.6 Å². The van der Waals surface area contributed by atoms with Gasteiger partial charge in [-0.05, 0) is 73.3 Å². The quantitative estimate of drug-likeness (QED) is 0.315. The Hall–Kier alpha value is -3.72. The Balaban J connectivity index is 1.65. The first-order chi connectivity index (χ1) is 15.0. The highest BCUT2D eigenvalue weighted by Crippen LogP contribution is 2.34. The van der Waals surface area contributed by atoms with Crippen molar-refractivity contribution >= 4 is 40.3 Å². The number of halogens is 1. The number of non-ortho nitro benzene ring substituents is 1. The van der Waals surface area contributed by atoms with Crippen LogP contribution in [0.15, 0.2) is 76.8 Å². The van der Waals surface area contributed by atoms with Crippen molar-refractivity contribution in [1.82, 2.24) is 9.47 Å². The van der Waals surface area contributed by atoms with E-state index >= 15 is 0 Å². The van der Waals surface area contributed by atoms with Crippen molar-refractivity contribution in [3.8, 4) is 5.69 Å². The predicted octanol–water partition coefficient (Wildman–Crippen LogP) is 5.15. The molecule has 31 heavy (non-hydrogen) atoms. The summed E-state index contributed by atoms with van der Waals surface area (Å²) >= 11 is 1.25. The molecule has 0 bridgehead atoms. The molecule has 0 radical (unpaired) electrons. The van der Waals surface area contributed by atoms with Crippen molar-refractivity contribution in [3.05, 3.63) is 93.4 Å². The topological polar surface area (TPSA) is 80.7 Å². The first-order valence-corrected chi connectivity index (χ1v) is 10.3. The summed E-state index contributed by atoms with van der Waals surface area (Å²) in [6.07, 6.45) is 3.59. The van der Waals surface area contributed by atoms with E-state index in [0.717, 1.165) is 11.4 Å². The number of carbonyl (C=O) groups is 1. The molecule has 0 unspecified atom stereocenters. The fraction of sp³-hybridized carbons (Fsp3) is 0.0909. The molecule has 2 aromatic carbocycles. The van der Waals surface area contributed by atoms with Crippen LogP contribution in [0.25, 0.3) is 11.8 Å². The molecule has 0 spiro atoms. The zero-order chi connectivity index (χ0) is 22.0. The van der Waals surface area contributed by atoms with Crippen LogP contribution in [0.3, 0.4) is 0 Å². The first kappa shape index (κ1) is 20.5. The second kappa shape index (κ2) is 8.57. The van der Waals surface area contributed by atoms with Gasteiger partial charge in [0.05, 0.1) is 15.5 Å². The van der Waals surface area contributed by atoms with Crippen LogP contribution in [-0.2, 0) is 4.79 Å². The van der Waals surface area contributed by atoms with Gasteiger partial charge in [0.15, 0.2) is 5.17 Å². The zero-order valence-electron chi connectivity index (χ0n) is 16.4. The average molecular weight is 436 g/mol. The number of amides is 1. The minimum atomic E-state index is -0.447. The summed E-state index contributed by atoms with van der Waals surface area (Å²) in [5.41, 5.74) is 2.07. The zero-order valence-corrected chi connectivity index (χ0v) is 17.3. The molecule has 2 heterocycles. The highest BCUT2D eigenvalue weighted by molar-refractivity contribution is 8.18. The molecule has 1 aromatic heterocycles. The second-order valence-corrected chi connectivity index (χ2v) is 7.62. The number of thioether (sulfide) groups is 1. The molecule has 3 aromatic rings. The van der Waals surface area contributed by atoms with E-state index in [1.54, 1.807) is 35.2 Å². The third kappa shape index (κ3) is 4.26. The number of hydrogen-bond donors (Lipinski definition) is 0. The van der Waals surface area contributed by atoms with Gasteiger partial charge in [-0.25, -0.2) is 9.38 Å². The molecule has 0 aliphatic carbocycles. The number of nitro groups is 1. The van der Waals surface area contributed by atoms with Gasteiger partial charge in [0, 0.05) is 36.3 Å². The number of aromatic nitrogens is 1. The number of aliphatic imine (C=N–C) groups is 1. The Labute approximate surface area is 181 Å². The van der Waals surface area contributed by atoms with Crippen molar-refractivity contribution in [2.45, 2.75) is 6.92 Å². The SMILES string of the molecule is CCN1C(=O)/C(=C\c2cccn2-c2ccc([N+](=O)[O-])cc2)SC1=Nc1ccc(F)cc1. The predicted molar refractivity (Wildman–Crippen MR) is 119 cm³/mol. The van der Waals surface area contributed by atoms with Crippen LogP contribution in [0.2, 0.25) is 0 Å². The van der Waals surface area contributed by atoms with Gasteiger partial charge in [-0.3, -0.25) is 19.8 Å². The molecule has 1 amide bonds. The molecule has 4 rings (SSSR count). The van der Waals surface area contributed by atoms with Crippen molar-refractivity contribution in [2.75, 3.05) is 6.54 Å². The number of rotatable bonds is 5. The fourth-order valence-corrected chi connectivity index (χ4v) is 4.16. The van der Waals surface area contributed by atoms with Gasteiger partial charge >= 0.3 is 0 Å². The van der Waals surface area contributed by atoms with Crippen molar-refractivity contribution in [3.63, 3.8) is 0 Å². The van der Waals surface area contributed by atoms with Gasteiger partial charge < -0.3 is 4.57 Å². The fourth-order valence-electron chi connectivity index (χ4n) is 3.11. The number of carbonyl (C=O) groups excluding carboxylic acids is 1. The molecule has 156 valence electrons. The van der Waals surface area contributed by atoms with E-state index in [9.17, 15) is 19.3 Å². The maximum atomic E-state index is 13.2. The van der Waals surface area contributed by atoms with Crippen LogP contribution in [0.5, 0.6) is 0 Å². The number of nitrogens with zero attached hydrogens (tertiary/aromatic N) is 4. The van der Waals surface area contributed by atoms with Gasteiger partial charge in [-0.1, -0.05) is 0 Å². The Kier molecular flexibility index (Phi) is 5.68. The van der Waals surface area contributed by atoms with Crippen molar-refractivity contribution < 1.29 is 14.1 Å². The lowest BCUT2D eigenvalue weighted by Gasteiger charge is -2.12. The first-order valence-electron chi connectivity index (χ1n) is 9.44. The van der Waals surface area contributed by atoms with E-state index in [-0.39, 0.29) is 17.4 Å². The van der Waals surface area contributed by atoms with Crippen LogP contribution in [-0.4, -0.2) is 32.0 Å². The highest BCUT2D eigenvalue weighted by Gasteiger charge is 2.32. The highest BCUT2D eigenvalue weighted by atomic mass is 32.2. The van der Waals surface area contributed by atoms with Crippen LogP contribution in [0.1, 0.15) is 12.6 Å². The van der Waals surface area contributed by atoms with Gasteiger partial charge in [0.1, 0.15) is 5.82 Å². The maximum absolute atomic E-state index is 13.2. The molecule has 1 saturated heterocycles. The largest absolute Gasteiger partial charge is 0.317 e. The lowest BCUT2D eigenvalue weighted by Crippen LogP contribution is -2.28. The molecule has 9 heteroatoms. The number of nitro benzene ring substituents is 1. The van der Waals surface area contributed by atoms with E-state index in [2.05, 4.69) is 4.99 Å². The summed E-state index contributed by atoms with van der Waals surface area (Å²) in [4.78, 5) is 29.9. The van der Waals surface area contributed by atoms with E-state index in [1.165, 1.54) is 36.0 Å². The smallest absolute Gasteiger partial charge is 0.269 e. The Morgan fingerprint density at radius 2 is 1.84 bits per heavy atom. The summed E-state index contributed by atoms with van der Waals surface area (Å²) < 4.78 is 15.0. The Morgan fingerprint density at radius 1 is 1.13 bits per heavy atom. The van der Waals surface area contributed by atoms with Gasteiger partial charge in [0.2, 0.25) is 0 Å². The third-order valence-corrected chi connectivity index (χ3v) is 5.66. The standard InChI is InChI=1S/C22H17FN4O3S/c1-2-25-21(28)20(31-22(25)24-16-7-5-15(23)6-8-16)14-19-4-3-13-26(19)17-9-11-18(12-10-17)27(29)30/h3-14H,2H2,1H3/b20-14+,24-22?. The molecular weight excluding hydrogens is 419 g/mol. The summed E-state index contributed by atoms with van der Waals surface area (Å²) in [6.45, 7) is 2.31. The van der Waals surface area contributed by atoms with E-state index in [1.807, 2.05) is 29.8 Å². The average Bonchev–Trinajstić information content (AvgIpc) is 3.34. The summed E-state index contributed by atoms with van der Waals surface area (Å²) in [5.74, 6) is -0.510. The molecule has 7 nitrogen and oxygen atoms in total. The number of hydrogen-bond acceptors (Lipinski definition) is 5. The summed E-state index contributed by atoms with van der Waals surface area (Å²) in [7, 11) is 0. The van der Waals surface area contributed by atoms with E-state index in [4.69, 9.17) is 0 Å². The normalized spacial score (nSPS) is 16.5. The molecule has 1 aliphatic rings. The molecular formula is C22H17FN4O3S. The Bertz CT molecular complexity index is 1200. The summed E-state index contributed by atoms with van der Waals surface area (Å²) in [6, 6.07) is 15.6. The molecule has 1 fully saturated rings. The Morgan fingerprint density at radius 3 is 2.48 bits per heavy atom. The minimum Gasteiger partial charge on any atom is -0.317 e. The second-order valence-electron chi connectivity index (χ2n) is 6.61. The minimum absolute atomic E-state index is 0.0116. The molecule has 0 saturated carbocycles. The monoisotopic (exact) mass is 436 g/mol.